The van der Waals surface area contributed by atoms with Gasteiger partial charge in [0.1, 0.15) is 5.75 Å². The van der Waals surface area contributed by atoms with Crippen LogP contribution in [0.1, 0.15) is 26.2 Å². The lowest BCUT2D eigenvalue weighted by atomic mass is 10.1. The van der Waals surface area contributed by atoms with Gasteiger partial charge in [0.05, 0.1) is 0 Å². The highest BCUT2D eigenvalue weighted by molar-refractivity contribution is 6.30. The topological polar surface area (TPSA) is 26.3 Å². The fourth-order valence-corrected chi connectivity index (χ4v) is 1.61. The summed E-state index contributed by atoms with van der Waals surface area (Å²) in [7, 11) is 0. The smallest absolute Gasteiger partial charge is 0.173 e. The number of unbranched alkanes of at least 4 members (excludes halogenated alkanes) is 1. The quantitative estimate of drug-likeness (QED) is 0.541. The van der Waals surface area contributed by atoms with E-state index < -0.39 is 6.10 Å². The van der Waals surface area contributed by atoms with E-state index in [4.69, 9.17) is 16.3 Å². The maximum absolute atomic E-state index is 11.7. The van der Waals surface area contributed by atoms with Crippen LogP contribution in [0.2, 0.25) is 5.02 Å². The molecule has 0 aliphatic heterocycles. The van der Waals surface area contributed by atoms with Crippen LogP contribution in [0, 0.1) is 0 Å². The Balaban J connectivity index is 2.45. The largest absolute Gasteiger partial charge is 0.483 e. The van der Waals surface area contributed by atoms with Gasteiger partial charge in [-0.05, 0) is 38.0 Å². The fraction of sp³-hybridized carbons (Fsp3) is 0.357. The molecule has 1 atom stereocenters. The number of hydrogen-bond donors (Lipinski definition) is 0. The first-order valence-corrected chi connectivity index (χ1v) is 6.07. The van der Waals surface area contributed by atoms with Crippen LogP contribution in [-0.2, 0) is 4.79 Å². The number of halogens is 1. The maximum atomic E-state index is 11.7. The van der Waals surface area contributed by atoms with Crippen LogP contribution in [0.15, 0.2) is 36.9 Å². The zero-order valence-corrected chi connectivity index (χ0v) is 10.7. The Morgan fingerprint density at radius 3 is 3.00 bits per heavy atom. The van der Waals surface area contributed by atoms with E-state index in [1.54, 1.807) is 31.2 Å². The summed E-state index contributed by atoms with van der Waals surface area (Å²) >= 11 is 5.83. The summed E-state index contributed by atoms with van der Waals surface area (Å²) in [5, 5.41) is 0.605. The molecule has 0 radical (unpaired) electrons. The molecule has 0 amide bonds. The van der Waals surface area contributed by atoms with Crippen molar-refractivity contribution in [3.05, 3.63) is 41.9 Å². The first-order valence-electron chi connectivity index (χ1n) is 5.69. The van der Waals surface area contributed by atoms with Crippen LogP contribution in [0.25, 0.3) is 0 Å². The van der Waals surface area contributed by atoms with Crippen molar-refractivity contribution >= 4 is 17.4 Å². The highest BCUT2D eigenvalue weighted by atomic mass is 35.5. The lowest BCUT2D eigenvalue weighted by Crippen LogP contribution is -2.23. The number of ketones is 1. The van der Waals surface area contributed by atoms with Gasteiger partial charge in [0.2, 0.25) is 0 Å². The van der Waals surface area contributed by atoms with Gasteiger partial charge < -0.3 is 4.74 Å². The predicted octanol–water partition coefficient (Wildman–Crippen LogP) is 4.03. The molecule has 1 unspecified atom stereocenters. The van der Waals surface area contributed by atoms with E-state index >= 15 is 0 Å². The van der Waals surface area contributed by atoms with Gasteiger partial charge >= 0.3 is 0 Å². The van der Waals surface area contributed by atoms with Crippen molar-refractivity contribution in [2.75, 3.05) is 0 Å². The highest BCUT2D eigenvalue weighted by Crippen LogP contribution is 2.19. The number of ether oxygens (including phenoxy) is 1. The molecule has 0 heterocycles. The molecule has 0 aliphatic rings. The number of allylic oxidation sites excluding steroid dienone is 1. The second-order valence-electron chi connectivity index (χ2n) is 3.86. The first-order chi connectivity index (χ1) is 8.13. The highest BCUT2D eigenvalue weighted by Gasteiger charge is 2.13. The number of hydrogen-bond acceptors (Lipinski definition) is 2. The van der Waals surface area contributed by atoms with E-state index in [1.807, 2.05) is 6.08 Å². The predicted molar refractivity (Wildman–Crippen MR) is 70.6 cm³/mol. The number of carbonyl (C=O) groups is 1. The zero-order valence-electron chi connectivity index (χ0n) is 9.99. The molecule has 0 spiro atoms. The summed E-state index contributed by atoms with van der Waals surface area (Å²) in [5.74, 6) is 0.730. The third-order valence-electron chi connectivity index (χ3n) is 2.39. The minimum Gasteiger partial charge on any atom is -0.483 e. The second-order valence-corrected chi connectivity index (χ2v) is 4.30. The van der Waals surface area contributed by atoms with E-state index in [2.05, 4.69) is 6.58 Å². The SMILES string of the molecule is C=CCCCC(=O)C(C)Oc1cccc(Cl)c1. The van der Waals surface area contributed by atoms with Crippen molar-refractivity contribution in [2.45, 2.75) is 32.3 Å². The Kier molecular flexibility index (Phi) is 5.78. The molecule has 0 aromatic heterocycles. The van der Waals surface area contributed by atoms with Crippen LogP contribution in [-0.4, -0.2) is 11.9 Å². The molecule has 17 heavy (non-hydrogen) atoms. The van der Waals surface area contributed by atoms with Crippen LogP contribution in [0.3, 0.4) is 0 Å². The molecule has 1 rings (SSSR count). The third-order valence-corrected chi connectivity index (χ3v) is 2.63. The average molecular weight is 253 g/mol. The van der Waals surface area contributed by atoms with Crippen molar-refractivity contribution in [1.82, 2.24) is 0 Å². The number of carbonyl (C=O) groups excluding carboxylic acids is 1. The molecular weight excluding hydrogens is 236 g/mol. The van der Waals surface area contributed by atoms with E-state index in [0.29, 0.717) is 17.2 Å². The Labute approximate surface area is 107 Å². The molecule has 3 heteroatoms. The molecule has 0 saturated carbocycles. The van der Waals surface area contributed by atoms with Crippen molar-refractivity contribution < 1.29 is 9.53 Å². The lowest BCUT2D eigenvalue weighted by Gasteiger charge is -2.13. The summed E-state index contributed by atoms with van der Waals surface area (Å²) in [6.07, 6.45) is 3.59. The third kappa shape index (κ3) is 5.05. The number of benzene rings is 1. The zero-order chi connectivity index (χ0) is 12.7. The van der Waals surface area contributed by atoms with Gasteiger partial charge in [-0.1, -0.05) is 23.7 Å². The molecule has 1 aromatic carbocycles. The van der Waals surface area contributed by atoms with Crippen molar-refractivity contribution in [1.29, 1.82) is 0 Å². The maximum Gasteiger partial charge on any atom is 0.173 e. The summed E-state index contributed by atoms with van der Waals surface area (Å²) in [6, 6.07) is 7.06. The lowest BCUT2D eigenvalue weighted by molar-refractivity contribution is -0.125. The van der Waals surface area contributed by atoms with Gasteiger partial charge in [0.25, 0.3) is 0 Å². The molecule has 1 aromatic rings. The van der Waals surface area contributed by atoms with E-state index in [9.17, 15) is 4.79 Å². The summed E-state index contributed by atoms with van der Waals surface area (Å²) < 4.78 is 5.53. The Hall–Kier alpha value is -1.28. The van der Waals surface area contributed by atoms with E-state index in [0.717, 1.165) is 12.8 Å². The first kappa shape index (κ1) is 13.8. The van der Waals surface area contributed by atoms with Gasteiger partial charge in [0.15, 0.2) is 11.9 Å². The van der Waals surface area contributed by atoms with Gasteiger partial charge in [0, 0.05) is 11.4 Å². The number of rotatable bonds is 7. The van der Waals surface area contributed by atoms with Gasteiger partial charge in [-0.2, -0.15) is 0 Å². The van der Waals surface area contributed by atoms with Gasteiger partial charge in [-0.25, -0.2) is 0 Å². The number of Topliss-reactive ketones (excluding diaryl/α,β-unsaturated/α-hetero) is 1. The van der Waals surface area contributed by atoms with Crippen LogP contribution < -0.4 is 4.74 Å². The molecular formula is C14H17ClO2. The van der Waals surface area contributed by atoms with Gasteiger partial charge in [-0.15, -0.1) is 6.58 Å². The molecule has 0 saturated heterocycles. The molecule has 2 nitrogen and oxygen atoms in total. The molecule has 0 fully saturated rings. The monoisotopic (exact) mass is 252 g/mol. The molecule has 0 bridgehead atoms. The van der Waals surface area contributed by atoms with Crippen molar-refractivity contribution in [3.8, 4) is 5.75 Å². The molecule has 0 aliphatic carbocycles. The molecule has 0 N–H and O–H groups in total. The van der Waals surface area contributed by atoms with Crippen LogP contribution in [0.5, 0.6) is 5.75 Å². The van der Waals surface area contributed by atoms with Gasteiger partial charge in [-0.3, -0.25) is 4.79 Å². The standard InChI is InChI=1S/C14H17ClO2/c1-3-4-5-9-14(16)11(2)17-13-8-6-7-12(15)10-13/h3,6-8,10-11H,1,4-5,9H2,2H3. The summed E-state index contributed by atoms with van der Waals surface area (Å²) in [4.78, 5) is 11.7. The molecule has 92 valence electrons. The van der Waals surface area contributed by atoms with Crippen LogP contribution >= 0.6 is 11.6 Å². The van der Waals surface area contributed by atoms with Crippen molar-refractivity contribution in [2.24, 2.45) is 0 Å². The Bertz CT molecular complexity index is 388. The minimum absolute atomic E-state index is 0.104. The second kappa shape index (κ2) is 7.13. The van der Waals surface area contributed by atoms with E-state index in [1.165, 1.54) is 0 Å². The fourth-order valence-electron chi connectivity index (χ4n) is 1.43. The van der Waals surface area contributed by atoms with E-state index in [-0.39, 0.29) is 5.78 Å². The summed E-state index contributed by atoms with van der Waals surface area (Å²) in [5.41, 5.74) is 0. The normalized spacial score (nSPS) is 11.9. The minimum atomic E-state index is -0.432. The van der Waals surface area contributed by atoms with Crippen LogP contribution in [0.4, 0.5) is 0 Å². The van der Waals surface area contributed by atoms with Crippen molar-refractivity contribution in [3.63, 3.8) is 0 Å². The Morgan fingerprint density at radius 1 is 1.59 bits per heavy atom. The summed E-state index contributed by atoms with van der Waals surface area (Å²) in [6.45, 7) is 5.38. The average Bonchev–Trinajstić information content (AvgIpc) is 2.29. The Morgan fingerprint density at radius 2 is 2.35 bits per heavy atom.